The Morgan fingerprint density at radius 2 is 1.94 bits per heavy atom. The Kier molecular flexibility index (Phi) is 6.35. The van der Waals surface area contributed by atoms with Gasteiger partial charge in [-0.1, -0.05) is 29.3 Å². The normalized spacial score (nSPS) is 17.8. The van der Waals surface area contributed by atoms with E-state index in [1.165, 1.54) is 12.8 Å². The molecule has 0 aromatic heterocycles. The summed E-state index contributed by atoms with van der Waals surface area (Å²) < 4.78 is 0. The maximum absolute atomic E-state index is 13.1. The van der Waals surface area contributed by atoms with Gasteiger partial charge >= 0.3 is 5.91 Å². The van der Waals surface area contributed by atoms with Crippen molar-refractivity contribution in [2.75, 3.05) is 36.4 Å². The largest absolute Gasteiger partial charge is 0.371 e. The number of rotatable bonds is 5. The molecule has 1 fully saturated rings. The zero-order chi connectivity index (χ0) is 22.8. The Morgan fingerprint density at radius 3 is 2.79 bits per heavy atom. The Hall–Kier alpha value is -2.87. The van der Waals surface area contributed by atoms with Crippen LogP contribution in [0, 0.1) is 0 Å². The van der Waals surface area contributed by atoms with E-state index in [0.717, 1.165) is 54.6 Å². The van der Waals surface area contributed by atoms with Crippen molar-refractivity contribution in [2.24, 2.45) is 0 Å². The average Bonchev–Trinajstić information content (AvgIpc) is 3.37. The summed E-state index contributed by atoms with van der Waals surface area (Å²) in [5.41, 5.74) is 9.36. The molecule has 0 spiro atoms. The fourth-order valence-electron chi connectivity index (χ4n) is 4.44. The number of nitrogens with two attached hydrogens (primary N) is 1. The highest BCUT2D eigenvalue weighted by Crippen LogP contribution is 2.26. The maximum Gasteiger partial charge on any atom is 0.312 e. The molecule has 5 rings (SSSR count). The number of nitrogens with one attached hydrogen (secondary N) is 3. The fraction of sp³-hybridized carbons (Fsp3) is 0.292. The van der Waals surface area contributed by atoms with Crippen molar-refractivity contribution in [1.29, 1.82) is 0 Å². The SMILES string of the molecule is O=C(Nc1cccc(N2CCCC2)c1)C1=CC2=C(NCCN2Cc2cc(Cl)ccc2Cl)N[NH2+]1. The van der Waals surface area contributed by atoms with E-state index >= 15 is 0 Å². The minimum absolute atomic E-state index is 0.154. The number of quaternary nitrogens is 1. The summed E-state index contributed by atoms with van der Waals surface area (Å²) in [5.74, 6) is 0.728. The summed E-state index contributed by atoms with van der Waals surface area (Å²) in [4.78, 5) is 17.6. The lowest BCUT2D eigenvalue weighted by Gasteiger charge is -2.34. The first kappa shape index (κ1) is 21.9. The number of anilines is 2. The van der Waals surface area contributed by atoms with Crippen LogP contribution >= 0.6 is 23.2 Å². The number of carbonyl (C=O) groups is 1. The highest BCUT2D eigenvalue weighted by molar-refractivity contribution is 6.33. The predicted molar refractivity (Wildman–Crippen MR) is 132 cm³/mol. The molecule has 5 N–H and O–H groups in total. The van der Waals surface area contributed by atoms with Crippen molar-refractivity contribution < 1.29 is 10.2 Å². The van der Waals surface area contributed by atoms with Crippen LogP contribution in [0.1, 0.15) is 18.4 Å². The molecule has 2 aromatic rings. The Balaban J connectivity index is 1.33. The van der Waals surface area contributed by atoms with Crippen molar-refractivity contribution in [2.45, 2.75) is 19.4 Å². The van der Waals surface area contributed by atoms with E-state index in [1.54, 1.807) is 11.5 Å². The molecule has 0 atom stereocenters. The molecule has 1 amide bonds. The standard InChI is InChI=1S/C24H26Cl2N6O/c25-17-6-7-20(26)16(12-17)15-32-11-8-27-23-22(32)14-21(29-30-23)24(33)28-18-4-3-5-19(13-18)31-9-1-2-10-31/h3-7,12-14,27,29-30H,1-2,8-11,15H2,(H,28,33)/p+1. The van der Waals surface area contributed by atoms with E-state index in [-0.39, 0.29) is 5.91 Å². The van der Waals surface area contributed by atoms with Crippen LogP contribution in [0.3, 0.4) is 0 Å². The van der Waals surface area contributed by atoms with Crippen LogP contribution in [0.5, 0.6) is 0 Å². The molecule has 0 aliphatic carbocycles. The summed E-state index contributed by atoms with van der Waals surface area (Å²) >= 11 is 12.6. The molecule has 1 saturated heterocycles. The van der Waals surface area contributed by atoms with Crippen molar-refractivity contribution in [3.8, 4) is 0 Å². The first-order valence-corrected chi connectivity index (χ1v) is 12.0. The first-order chi connectivity index (χ1) is 16.1. The van der Waals surface area contributed by atoms with E-state index in [2.05, 4.69) is 31.9 Å². The first-order valence-electron chi connectivity index (χ1n) is 11.2. The Bertz CT molecular complexity index is 1130. The van der Waals surface area contributed by atoms with Gasteiger partial charge in [-0.15, -0.1) is 0 Å². The number of benzene rings is 2. The number of hydrogen-bond acceptors (Lipinski definition) is 5. The van der Waals surface area contributed by atoms with Crippen LogP contribution in [-0.2, 0) is 11.3 Å². The smallest absolute Gasteiger partial charge is 0.312 e. The second kappa shape index (κ2) is 9.55. The topological polar surface area (TPSA) is 76.2 Å². The molecule has 3 aliphatic rings. The zero-order valence-electron chi connectivity index (χ0n) is 18.2. The van der Waals surface area contributed by atoms with Gasteiger partial charge in [0.2, 0.25) is 5.70 Å². The van der Waals surface area contributed by atoms with E-state index in [0.29, 0.717) is 22.3 Å². The zero-order valence-corrected chi connectivity index (χ0v) is 19.7. The molecule has 0 unspecified atom stereocenters. The quantitative estimate of drug-likeness (QED) is 0.490. The molecule has 172 valence electrons. The fourth-order valence-corrected chi connectivity index (χ4v) is 4.81. The second-order valence-corrected chi connectivity index (χ2v) is 9.27. The molecule has 3 heterocycles. The molecule has 9 heteroatoms. The minimum atomic E-state index is -0.154. The summed E-state index contributed by atoms with van der Waals surface area (Å²) in [6.07, 6.45) is 4.34. The van der Waals surface area contributed by atoms with Gasteiger partial charge in [0.05, 0.1) is 5.70 Å². The lowest BCUT2D eigenvalue weighted by molar-refractivity contribution is -0.655. The highest BCUT2D eigenvalue weighted by atomic mass is 35.5. The number of halogens is 2. The highest BCUT2D eigenvalue weighted by Gasteiger charge is 2.28. The summed E-state index contributed by atoms with van der Waals surface area (Å²) in [7, 11) is 0. The van der Waals surface area contributed by atoms with Crippen LogP contribution in [0.15, 0.2) is 65.8 Å². The third-order valence-corrected chi connectivity index (χ3v) is 6.75. The third kappa shape index (κ3) is 4.90. The van der Waals surface area contributed by atoms with E-state index in [9.17, 15) is 4.79 Å². The Morgan fingerprint density at radius 1 is 1.09 bits per heavy atom. The summed E-state index contributed by atoms with van der Waals surface area (Å²) in [5, 5.41) is 7.74. The number of nitrogens with zero attached hydrogens (tertiary/aromatic N) is 2. The number of hydrogen-bond donors (Lipinski definition) is 4. The lowest BCUT2D eigenvalue weighted by Crippen LogP contribution is -2.94. The predicted octanol–water partition coefficient (Wildman–Crippen LogP) is 2.77. The van der Waals surface area contributed by atoms with Crippen molar-refractivity contribution in [3.63, 3.8) is 0 Å². The van der Waals surface area contributed by atoms with Crippen LogP contribution in [0.2, 0.25) is 10.0 Å². The van der Waals surface area contributed by atoms with Gasteiger partial charge in [0, 0.05) is 60.2 Å². The Labute approximate surface area is 203 Å². The molecular weight excluding hydrogens is 459 g/mol. The van der Waals surface area contributed by atoms with Gasteiger partial charge in [-0.3, -0.25) is 4.79 Å². The van der Waals surface area contributed by atoms with Crippen molar-refractivity contribution in [1.82, 2.24) is 15.6 Å². The van der Waals surface area contributed by atoms with Crippen molar-refractivity contribution >= 4 is 40.5 Å². The molecule has 2 aromatic carbocycles. The van der Waals surface area contributed by atoms with Crippen LogP contribution in [0.4, 0.5) is 11.4 Å². The molecular formula is C24H27Cl2N6O+. The molecule has 3 aliphatic heterocycles. The maximum atomic E-state index is 13.1. The van der Waals surface area contributed by atoms with Gasteiger partial charge in [0.15, 0.2) is 5.82 Å². The van der Waals surface area contributed by atoms with Gasteiger partial charge < -0.3 is 20.4 Å². The number of allylic oxidation sites excluding steroid dienone is 1. The van der Waals surface area contributed by atoms with Crippen molar-refractivity contribution in [3.05, 3.63) is 81.4 Å². The van der Waals surface area contributed by atoms with Gasteiger partial charge in [0.25, 0.3) is 0 Å². The monoisotopic (exact) mass is 485 g/mol. The van der Waals surface area contributed by atoms with E-state index in [1.807, 2.05) is 36.4 Å². The van der Waals surface area contributed by atoms with Gasteiger partial charge in [-0.2, -0.15) is 0 Å². The minimum Gasteiger partial charge on any atom is -0.371 e. The van der Waals surface area contributed by atoms with E-state index in [4.69, 9.17) is 23.2 Å². The van der Waals surface area contributed by atoms with Crippen LogP contribution in [0.25, 0.3) is 0 Å². The third-order valence-electron chi connectivity index (χ3n) is 6.15. The lowest BCUT2D eigenvalue weighted by atomic mass is 10.1. The summed E-state index contributed by atoms with van der Waals surface area (Å²) in [6, 6.07) is 13.5. The molecule has 7 nitrogen and oxygen atoms in total. The number of carbonyl (C=O) groups excluding carboxylic acids is 1. The van der Waals surface area contributed by atoms with E-state index < -0.39 is 0 Å². The van der Waals surface area contributed by atoms with Gasteiger partial charge in [-0.05, 0) is 54.8 Å². The number of amides is 1. The van der Waals surface area contributed by atoms with Crippen LogP contribution < -0.4 is 26.4 Å². The summed E-state index contributed by atoms with van der Waals surface area (Å²) in [6.45, 7) is 4.31. The molecule has 0 bridgehead atoms. The second-order valence-electron chi connectivity index (χ2n) is 8.43. The van der Waals surface area contributed by atoms with Gasteiger partial charge in [-0.25, -0.2) is 10.9 Å². The average molecular weight is 486 g/mol. The van der Waals surface area contributed by atoms with Gasteiger partial charge in [0.1, 0.15) is 0 Å². The molecule has 0 radical (unpaired) electrons. The van der Waals surface area contributed by atoms with Crippen LogP contribution in [-0.4, -0.2) is 37.0 Å². The molecule has 33 heavy (non-hydrogen) atoms. The molecule has 0 saturated carbocycles.